The summed E-state index contributed by atoms with van der Waals surface area (Å²) in [5.41, 5.74) is -0.861. The third-order valence-electron chi connectivity index (χ3n) is 2.30. The molecular weight excluding hydrogens is 242 g/mol. The highest BCUT2D eigenvalue weighted by Gasteiger charge is 2.22. The van der Waals surface area contributed by atoms with Gasteiger partial charge in [-0.15, -0.1) is 0 Å². The molecule has 0 aliphatic heterocycles. The quantitative estimate of drug-likeness (QED) is 0.751. The monoisotopic (exact) mass is 259 g/mol. The smallest absolute Gasteiger partial charge is 0.285 e. The van der Waals surface area contributed by atoms with Gasteiger partial charge in [0.15, 0.2) is 0 Å². The van der Waals surface area contributed by atoms with Gasteiger partial charge in [-0.05, 0) is 19.3 Å². The molecule has 1 rings (SSSR count). The maximum absolute atomic E-state index is 11.2. The Morgan fingerprint density at radius 2 is 2.29 bits per heavy atom. The summed E-state index contributed by atoms with van der Waals surface area (Å²) in [4.78, 5) is 11.2. The Labute approximate surface area is 105 Å². The molecule has 1 heterocycles. The minimum absolute atomic E-state index is 0.0559. The highest BCUT2D eigenvalue weighted by Crippen LogP contribution is 2.19. The van der Waals surface area contributed by atoms with Crippen molar-refractivity contribution in [2.24, 2.45) is 5.92 Å². The van der Waals surface area contributed by atoms with Crippen LogP contribution in [0.2, 0.25) is 5.02 Å². The Morgan fingerprint density at radius 3 is 2.88 bits per heavy atom. The normalized spacial score (nSPS) is 14.7. The molecule has 0 spiro atoms. The highest BCUT2D eigenvalue weighted by molar-refractivity contribution is 6.32. The van der Waals surface area contributed by atoms with Crippen molar-refractivity contribution in [3.63, 3.8) is 0 Å². The fourth-order valence-corrected chi connectivity index (χ4v) is 1.90. The Hall–Kier alpha value is -1.07. The van der Waals surface area contributed by atoms with Gasteiger partial charge < -0.3 is 10.4 Å². The van der Waals surface area contributed by atoms with E-state index >= 15 is 0 Å². The molecule has 96 valence electrons. The van der Waals surface area contributed by atoms with Crippen molar-refractivity contribution >= 4 is 17.3 Å². The molecule has 0 bridgehead atoms. The summed E-state index contributed by atoms with van der Waals surface area (Å²) in [5.74, 6) is 0.388. The molecule has 1 aromatic heterocycles. The van der Waals surface area contributed by atoms with Crippen LogP contribution in [0.4, 0.5) is 5.69 Å². The molecule has 0 aliphatic rings. The van der Waals surface area contributed by atoms with Crippen LogP contribution in [0.5, 0.6) is 0 Å². The standard InChI is InChI=1S/C11H18ClN3O2/c1-7(2)4-11(3,17)6-13-8-5-14-15-10(16)9(8)12/h5,7,17H,4,6H2,1-3H3,(H2,13,15,16). The van der Waals surface area contributed by atoms with Crippen LogP contribution >= 0.6 is 11.6 Å². The van der Waals surface area contributed by atoms with Crippen LogP contribution in [-0.4, -0.2) is 27.4 Å². The molecule has 0 amide bonds. The number of hydrogen-bond acceptors (Lipinski definition) is 4. The molecule has 0 fully saturated rings. The van der Waals surface area contributed by atoms with Crippen LogP contribution in [-0.2, 0) is 0 Å². The summed E-state index contributed by atoms with van der Waals surface area (Å²) < 4.78 is 0. The van der Waals surface area contributed by atoms with Crippen molar-refractivity contribution in [1.82, 2.24) is 10.2 Å². The summed E-state index contributed by atoms with van der Waals surface area (Å²) in [6, 6.07) is 0. The van der Waals surface area contributed by atoms with Crippen molar-refractivity contribution in [1.29, 1.82) is 0 Å². The molecule has 1 atom stereocenters. The van der Waals surface area contributed by atoms with Crippen molar-refractivity contribution in [3.05, 3.63) is 21.6 Å². The van der Waals surface area contributed by atoms with Crippen molar-refractivity contribution < 1.29 is 5.11 Å². The van der Waals surface area contributed by atoms with Gasteiger partial charge in [0.25, 0.3) is 5.56 Å². The van der Waals surface area contributed by atoms with Gasteiger partial charge in [-0.1, -0.05) is 25.4 Å². The van der Waals surface area contributed by atoms with E-state index < -0.39 is 11.2 Å². The van der Waals surface area contributed by atoms with Crippen LogP contribution in [0.15, 0.2) is 11.0 Å². The van der Waals surface area contributed by atoms with Gasteiger partial charge in [0.05, 0.1) is 17.5 Å². The molecular formula is C11H18ClN3O2. The largest absolute Gasteiger partial charge is 0.388 e. The number of aromatic amines is 1. The summed E-state index contributed by atoms with van der Waals surface area (Å²) in [7, 11) is 0. The van der Waals surface area contributed by atoms with Gasteiger partial charge in [-0.3, -0.25) is 4.79 Å². The number of anilines is 1. The molecule has 0 saturated heterocycles. The number of aromatic nitrogens is 2. The fraction of sp³-hybridized carbons (Fsp3) is 0.636. The van der Waals surface area contributed by atoms with E-state index in [0.717, 1.165) is 0 Å². The van der Waals surface area contributed by atoms with E-state index in [2.05, 4.69) is 15.5 Å². The van der Waals surface area contributed by atoms with E-state index in [1.807, 2.05) is 13.8 Å². The van der Waals surface area contributed by atoms with E-state index in [9.17, 15) is 9.90 Å². The number of aliphatic hydroxyl groups is 1. The van der Waals surface area contributed by atoms with E-state index in [-0.39, 0.29) is 5.02 Å². The topological polar surface area (TPSA) is 78.0 Å². The van der Waals surface area contributed by atoms with Crippen LogP contribution in [0.1, 0.15) is 27.2 Å². The number of nitrogens with one attached hydrogen (secondary N) is 2. The second-order valence-electron chi connectivity index (χ2n) is 4.88. The van der Waals surface area contributed by atoms with Crippen molar-refractivity contribution in [2.45, 2.75) is 32.8 Å². The average Bonchev–Trinajstić information content (AvgIpc) is 2.18. The average molecular weight is 260 g/mol. The highest BCUT2D eigenvalue weighted by atomic mass is 35.5. The molecule has 0 aliphatic carbocycles. The molecule has 3 N–H and O–H groups in total. The number of nitrogens with zero attached hydrogens (tertiary/aromatic N) is 1. The van der Waals surface area contributed by atoms with Gasteiger partial charge in [0, 0.05) is 6.54 Å². The molecule has 1 unspecified atom stereocenters. The molecule has 0 radical (unpaired) electrons. The zero-order valence-corrected chi connectivity index (χ0v) is 11.0. The second kappa shape index (κ2) is 5.51. The molecule has 0 aromatic carbocycles. The van der Waals surface area contributed by atoms with E-state index in [1.165, 1.54) is 6.20 Å². The first-order valence-electron chi connectivity index (χ1n) is 5.51. The van der Waals surface area contributed by atoms with E-state index in [1.54, 1.807) is 6.92 Å². The van der Waals surface area contributed by atoms with Gasteiger partial charge in [0.2, 0.25) is 0 Å². The summed E-state index contributed by atoms with van der Waals surface area (Å²) in [6.07, 6.45) is 2.09. The first kappa shape index (κ1) is 14.0. The lowest BCUT2D eigenvalue weighted by atomic mass is 9.94. The molecule has 6 heteroatoms. The van der Waals surface area contributed by atoms with Crippen LogP contribution in [0.25, 0.3) is 0 Å². The predicted molar refractivity (Wildman–Crippen MR) is 68.4 cm³/mol. The Bertz CT molecular complexity index is 429. The fourth-order valence-electron chi connectivity index (χ4n) is 1.74. The molecule has 1 aromatic rings. The summed E-state index contributed by atoms with van der Waals surface area (Å²) >= 11 is 5.80. The van der Waals surface area contributed by atoms with Gasteiger partial charge in [-0.25, -0.2) is 5.10 Å². The maximum Gasteiger partial charge on any atom is 0.285 e. The van der Waals surface area contributed by atoms with Crippen molar-refractivity contribution in [2.75, 3.05) is 11.9 Å². The second-order valence-corrected chi connectivity index (χ2v) is 5.25. The minimum atomic E-state index is -0.847. The van der Waals surface area contributed by atoms with Crippen molar-refractivity contribution in [3.8, 4) is 0 Å². The van der Waals surface area contributed by atoms with E-state index in [4.69, 9.17) is 11.6 Å². The Morgan fingerprint density at radius 1 is 1.65 bits per heavy atom. The number of halogens is 1. The summed E-state index contributed by atoms with van der Waals surface area (Å²) in [5, 5.41) is 19.0. The maximum atomic E-state index is 11.2. The Kier molecular flexibility index (Phi) is 4.54. The van der Waals surface area contributed by atoms with Gasteiger partial charge in [0.1, 0.15) is 5.02 Å². The van der Waals surface area contributed by atoms with E-state index in [0.29, 0.717) is 24.6 Å². The lowest BCUT2D eigenvalue weighted by molar-refractivity contribution is 0.0515. The third-order valence-corrected chi connectivity index (χ3v) is 2.68. The van der Waals surface area contributed by atoms with Crippen LogP contribution in [0.3, 0.4) is 0 Å². The lowest BCUT2D eigenvalue weighted by Crippen LogP contribution is -2.35. The lowest BCUT2D eigenvalue weighted by Gasteiger charge is -2.26. The zero-order valence-electron chi connectivity index (χ0n) is 10.2. The predicted octanol–water partition coefficient (Wildman–Crippen LogP) is 1.63. The number of H-pyrrole nitrogens is 1. The third kappa shape index (κ3) is 4.36. The SMILES string of the molecule is CC(C)CC(C)(O)CNc1cn[nH]c(=O)c1Cl. The minimum Gasteiger partial charge on any atom is -0.388 e. The first-order chi connectivity index (χ1) is 7.82. The number of hydrogen-bond donors (Lipinski definition) is 3. The summed E-state index contributed by atoms with van der Waals surface area (Å²) in [6.45, 7) is 6.14. The molecule has 0 saturated carbocycles. The molecule has 5 nitrogen and oxygen atoms in total. The first-order valence-corrected chi connectivity index (χ1v) is 5.89. The van der Waals surface area contributed by atoms with Crippen LogP contribution < -0.4 is 10.9 Å². The van der Waals surface area contributed by atoms with Gasteiger partial charge in [-0.2, -0.15) is 5.10 Å². The Balaban J connectivity index is 2.67. The molecule has 17 heavy (non-hydrogen) atoms. The number of rotatable bonds is 5. The van der Waals surface area contributed by atoms with Crippen LogP contribution in [0, 0.1) is 5.92 Å². The zero-order chi connectivity index (χ0) is 13.1. The van der Waals surface area contributed by atoms with Gasteiger partial charge >= 0.3 is 0 Å².